The van der Waals surface area contributed by atoms with Gasteiger partial charge in [-0.3, -0.25) is 4.79 Å². The summed E-state index contributed by atoms with van der Waals surface area (Å²) in [6.07, 6.45) is 1.51. The number of nitrogens with zero attached hydrogens (tertiary/aromatic N) is 1. The second-order valence-corrected chi connectivity index (χ2v) is 8.28. The zero-order valence-corrected chi connectivity index (χ0v) is 14.7. The third kappa shape index (κ3) is 5.29. The molecule has 0 bridgehead atoms. The highest BCUT2D eigenvalue weighted by atomic mass is 32.2. The van der Waals surface area contributed by atoms with E-state index in [1.54, 1.807) is 0 Å². The SMILES string of the molecule is CC1CCC(C(=O)O)CN1S(=O)(=O)CCCOCc1ccccc1. The number of benzene rings is 1. The zero-order chi connectivity index (χ0) is 17.6. The maximum atomic E-state index is 12.5. The maximum absolute atomic E-state index is 12.5. The van der Waals surface area contributed by atoms with E-state index in [-0.39, 0.29) is 18.3 Å². The van der Waals surface area contributed by atoms with Crippen molar-refractivity contribution in [2.75, 3.05) is 18.9 Å². The van der Waals surface area contributed by atoms with E-state index >= 15 is 0 Å². The summed E-state index contributed by atoms with van der Waals surface area (Å²) in [5.74, 6) is -1.54. The largest absolute Gasteiger partial charge is 0.481 e. The highest BCUT2D eigenvalue weighted by Gasteiger charge is 2.36. The Labute approximate surface area is 143 Å². The number of rotatable bonds is 8. The van der Waals surface area contributed by atoms with Crippen molar-refractivity contribution in [1.29, 1.82) is 0 Å². The minimum absolute atomic E-state index is 0.0154. The van der Waals surface area contributed by atoms with Crippen LogP contribution in [0.2, 0.25) is 0 Å². The smallest absolute Gasteiger partial charge is 0.307 e. The van der Waals surface area contributed by atoms with Crippen LogP contribution in [0.1, 0.15) is 31.7 Å². The van der Waals surface area contributed by atoms with E-state index in [2.05, 4.69) is 0 Å². The Bertz CT molecular complexity index is 632. The molecule has 6 nitrogen and oxygen atoms in total. The number of hydrogen-bond donors (Lipinski definition) is 1. The van der Waals surface area contributed by atoms with Gasteiger partial charge in [0.25, 0.3) is 0 Å². The molecule has 2 unspecified atom stereocenters. The molecule has 0 radical (unpaired) electrons. The molecule has 0 amide bonds. The third-order valence-corrected chi connectivity index (χ3v) is 6.36. The number of sulfonamides is 1. The van der Waals surface area contributed by atoms with Crippen molar-refractivity contribution >= 4 is 16.0 Å². The van der Waals surface area contributed by atoms with Crippen molar-refractivity contribution in [3.05, 3.63) is 35.9 Å². The summed E-state index contributed by atoms with van der Waals surface area (Å²) < 4.78 is 31.8. The van der Waals surface area contributed by atoms with E-state index in [9.17, 15) is 13.2 Å². The molecule has 1 aliphatic heterocycles. The molecule has 24 heavy (non-hydrogen) atoms. The van der Waals surface area contributed by atoms with Crippen LogP contribution < -0.4 is 0 Å². The molecule has 1 aromatic rings. The van der Waals surface area contributed by atoms with Crippen molar-refractivity contribution in [2.45, 2.75) is 38.8 Å². The van der Waals surface area contributed by atoms with Gasteiger partial charge in [0, 0.05) is 19.2 Å². The first kappa shape index (κ1) is 18.9. The van der Waals surface area contributed by atoms with Crippen molar-refractivity contribution in [3.8, 4) is 0 Å². The van der Waals surface area contributed by atoms with Gasteiger partial charge in [-0.15, -0.1) is 0 Å². The van der Waals surface area contributed by atoms with Crippen LogP contribution >= 0.6 is 0 Å². The predicted octanol–water partition coefficient (Wildman–Crippen LogP) is 2.11. The van der Waals surface area contributed by atoms with Crippen LogP contribution in [-0.2, 0) is 26.2 Å². The number of aliphatic carboxylic acids is 1. The second-order valence-electron chi connectivity index (χ2n) is 6.24. The molecule has 2 rings (SSSR count). The summed E-state index contributed by atoms with van der Waals surface area (Å²) >= 11 is 0. The first-order chi connectivity index (χ1) is 11.4. The van der Waals surface area contributed by atoms with Gasteiger partial charge in [-0.05, 0) is 31.7 Å². The van der Waals surface area contributed by atoms with Crippen LogP contribution in [0.3, 0.4) is 0 Å². The van der Waals surface area contributed by atoms with Gasteiger partial charge in [0.05, 0.1) is 18.3 Å². The molecule has 2 atom stereocenters. The standard InChI is InChI=1S/C17H25NO5S/c1-14-8-9-16(17(19)20)12-18(14)24(21,22)11-5-10-23-13-15-6-3-2-4-7-15/h2-4,6-7,14,16H,5,8-13H2,1H3,(H,19,20). The molecule has 1 saturated heterocycles. The number of carboxylic acid groups (broad SMARTS) is 1. The van der Waals surface area contributed by atoms with Crippen molar-refractivity contribution in [1.82, 2.24) is 4.31 Å². The topological polar surface area (TPSA) is 83.9 Å². The molecule has 0 spiro atoms. The molecule has 1 aromatic carbocycles. The van der Waals surface area contributed by atoms with E-state index in [4.69, 9.17) is 9.84 Å². The Kier molecular flexibility index (Phi) is 6.77. The summed E-state index contributed by atoms with van der Waals surface area (Å²) in [6, 6.07) is 9.56. The van der Waals surface area contributed by atoms with Crippen molar-refractivity contribution in [2.24, 2.45) is 5.92 Å². The van der Waals surface area contributed by atoms with Crippen LogP contribution in [0.4, 0.5) is 0 Å². The van der Waals surface area contributed by atoms with E-state index in [0.29, 0.717) is 32.5 Å². The van der Waals surface area contributed by atoms with Gasteiger partial charge in [-0.1, -0.05) is 30.3 Å². The molecule has 7 heteroatoms. The first-order valence-corrected chi connectivity index (χ1v) is 9.85. The molecule has 1 fully saturated rings. The molecule has 0 aliphatic carbocycles. The summed E-state index contributed by atoms with van der Waals surface area (Å²) in [6.45, 7) is 2.73. The average molecular weight is 355 g/mol. The number of piperidine rings is 1. The number of ether oxygens (including phenoxy) is 1. The maximum Gasteiger partial charge on any atom is 0.307 e. The van der Waals surface area contributed by atoms with Gasteiger partial charge in [-0.25, -0.2) is 8.42 Å². The fraction of sp³-hybridized carbons (Fsp3) is 0.588. The highest BCUT2D eigenvalue weighted by molar-refractivity contribution is 7.89. The quantitative estimate of drug-likeness (QED) is 0.722. The van der Waals surface area contributed by atoms with Gasteiger partial charge in [0.2, 0.25) is 10.0 Å². The normalized spacial score (nSPS) is 22.4. The molecule has 1 N–H and O–H groups in total. The first-order valence-electron chi connectivity index (χ1n) is 8.24. The fourth-order valence-corrected chi connectivity index (χ4v) is 4.67. The molecular weight excluding hydrogens is 330 g/mol. The van der Waals surface area contributed by atoms with E-state index in [1.165, 1.54) is 4.31 Å². The van der Waals surface area contributed by atoms with Crippen LogP contribution in [0, 0.1) is 5.92 Å². The third-order valence-electron chi connectivity index (χ3n) is 4.33. The predicted molar refractivity (Wildman–Crippen MR) is 91.0 cm³/mol. The monoisotopic (exact) mass is 355 g/mol. The van der Waals surface area contributed by atoms with Gasteiger partial charge >= 0.3 is 5.97 Å². The summed E-state index contributed by atoms with van der Waals surface area (Å²) in [4.78, 5) is 11.1. The molecule has 0 aromatic heterocycles. The van der Waals surface area contributed by atoms with Crippen LogP contribution in [0.5, 0.6) is 0 Å². The molecular formula is C17H25NO5S. The van der Waals surface area contributed by atoms with E-state index < -0.39 is 21.9 Å². The van der Waals surface area contributed by atoms with Gasteiger partial charge in [0.1, 0.15) is 0 Å². The Balaban J connectivity index is 1.78. The van der Waals surface area contributed by atoms with Crippen LogP contribution in [0.15, 0.2) is 30.3 Å². The number of hydrogen-bond acceptors (Lipinski definition) is 4. The van der Waals surface area contributed by atoms with Gasteiger partial charge in [-0.2, -0.15) is 4.31 Å². The van der Waals surface area contributed by atoms with Crippen LogP contribution in [-0.4, -0.2) is 48.7 Å². The molecule has 1 aliphatic rings. The Morgan fingerprint density at radius 1 is 1.29 bits per heavy atom. The molecule has 0 saturated carbocycles. The lowest BCUT2D eigenvalue weighted by atomic mass is 9.96. The second kappa shape index (κ2) is 8.60. The van der Waals surface area contributed by atoms with Crippen LogP contribution in [0.25, 0.3) is 0 Å². The molecule has 134 valence electrons. The minimum Gasteiger partial charge on any atom is -0.481 e. The van der Waals surface area contributed by atoms with E-state index in [0.717, 1.165) is 5.56 Å². The Morgan fingerprint density at radius 3 is 2.67 bits per heavy atom. The van der Waals surface area contributed by atoms with Crippen molar-refractivity contribution in [3.63, 3.8) is 0 Å². The van der Waals surface area contributed by atoms with Crippen molar-refractivity contribution < 1.29 is 23.1 Å². The molecule has 1 heterocycles. The zero-order valence-electron chi connectivity index (χ0n) is 13.9. The lowest BCUT2D eigenvalue weighted by molar-refractivity contribution is -0.143. The minimum atomic E-state index is -3.45. The average Bonchev–Trinajstić information content (AvgIpc) is 2.55. The highest BCUT2D eigenvalue weighted by Crippen LogP contribution is 2.25. The summed E-state index contributed by atoms with van der Waals surface area (Å²) in [5, 5.41) is 9.12. The fourth-order valence-electron chi connectivity index (χ4n) is 2.89. The van der Waals surface area contributed by atoms with E-state index in [1.807, 2.05) is 37.3 Å². The Morgan fingerprint density at radius 2 is 2.00 bits per heavy atom. The summed E-state index contributed by atoms with van der Waals surface area (Å²) in [7, 11) is -3.45. The lowest BCUT2D eigenvalue weighted by Gasteiger charge is -2.35. The van der Waals surface area contributed by atoms with Gasteiger partial charge in [0.15, 0.2) is 0 Å². The Hall–Kier alpha value is -1.44. The van der Waals surface area contributed by atoms with Gasteiger partial charge < -0.3 is 9.84 Å². The number of carbonyl (C=O) groups is 1. The number of carboxylic acids is 1. The lowest BCUT2D eigenvalue weighted by Crippen LogP contribution is -2.48. The summed E-state index contributed by atoms with van der Waals surface area (Å²) in [5.41, 5.74) is 1.05.